The molecular formula is C20H33ClN2O3S. The van der Waals surface area contributed by atoms with Gasteiger partial charge in [-0.1, -0.05) is 25.4 Å². The second-order valence-electron chi connectivity index (χ2n) is 9.04. The van der Waals surface area contributed by atoms with Gasteiger partial charge in [0.1, 0.15) is 5.60 Å². The summed E-state index contributed by atoms with van der Waals surface area (Å²) in [6, 6.07) is 5.03. The first kappa shape index (κ1) is 23.9. The van der Waals surface area contributed by atoms with Crippen molar-refractivity contribution in [1.29, 1.82) is 0 Å². The lowest BCUT2D eigenvalue weighted by molar-refractivity contribution is 0.0635. The summed E-state index contributed by atoms with van der Waals surface area (Å²) >= 11 is 6.22. The minimum atomic E-state index is -1.26. The Labute approximate surface area is 171 Å². The maximum atomic E-state index is 12.7. The van der Waals surface area contributed by atoms with Crippen molar-refractivity contribution in [3.05, 3.63) is 28.8 Å². The van der Waals surface area contributed by atoms with Gasteiger partial charge >= 0.3 is 6.09 Å². The molecule has 2 N–H and O–H groups in total. The Morgan fingerprint density at radius 1 is 1.19 bits per heavy atom. The largest absolute Gasteiger partial charge is 0.444 e. The maximum Gasteiger partial charge on any atom is 0.412 e. The predicted octanol–water partition coefficient (Wildman–Crippen LogP) is 5.83. The van der Waals surface area contributed by atoms with Crippen LogP contribution in [-0.2, 0) is 15.7 Å². The van der Waals surface area contributed by atoms with Gasteiger partial charge < -0.3 is 4.74 Å². The predicted molar refractivity (Wildman–Crippen MR) is 115 cm³/mol. The van der Waals surface area contributed by atoms with Gasteiger partial charge in [0.05, 0.1) is 15.7 Å². The molecule has 5 nitrogen and oxygen atoms in total. The number of anilines is 1. The summed E-state index contributed by atoms with van der Waals surface area (Å²) < 4.78 is 20.9. The third-order valence-electron chi connectivity index (χ3n) is 3.54. The SMILES string of the molecule is CC(C)CC(NS(=O)C(C)(C)C)c1cc(Cl)ccc1NC(=O)OC(C)(C)C. The minimum absolute atomic E-state index is 0.228. The lowest BCUT2D eigenvalue weighted by Gasteiger charge is -2.28. The van der Waals surface area contributed by atoms with Crippen molar-refractivity contribution in [3.63, 3.8) is 0 Å². The lowest BCUT2D eigenvalue weighted by atomic mass is 9.96. The third-order valence-corrected chi connectivity index (χ3v) is 5.38. The second-order valence-corrected chi connectivity index (χ2v) is 11.5. The summed E-state index contributed by atoms with van der Waals surface area (Å²) in [5.74, 6) is 0.354. The van der Waals surface area contributed by atoms with Crippen LogP contribution in [0.15, 0.2) is 18.2 Å². The third kappa shape index (κ3) is 8.62. The lowest BCUT2D eigenvalue weighted by Crippen LogP contribution is -2.36. The zero-order chi connectivity index (χ0) is 21.0. The van der Waals surface area contributed by atoms with Crippen LogP contribution >= 0.6 is 11.6 Å². The summed E-state index contributed by atoms with van der Waals surface area (Å²) in [7, 11) is -1.26. The first-order valence-corrected chi connectivity index (χ1v) is 10.7. The number of carbonyl (C=O) groups is 1. The molecule has 2 atom stereocenters. The van der Waals surface area contributed by atoms with Crippen LogP contribution in [0.3, 0.4) is 0 Å². The number of rotatable bonds is 6. The molecule has 0 radical (unpaired) electrons. The van der Waals surface area contributed by atoms with Crippen LogP contribution < -0.4 is 10.0 Å². The number of hydrogen-bond donors (Lipinski definition) is 2. The fraction of sp³-hybridized carbons (Fsp3) is 0.650. The Kier molecular flexibility index (Phi) is 8.32. The molecular weight excluding hydrogens is 384 g/mol. The molecule has 0 fully saturated rings. The van der Waals surface area contributed by atoms with Gasteiger partial charge in [-0.15, -0.1) is 0 Å². The van der Waals surface area contributed by atoms with Crippen molar-refractivity contribution >= 4 is 34.4 Å². The summed E-state index contributed by atoms with van der Waals surface area (Å²) in [4.78, 5) is 12.2. The molecule has 0 spiro atoms. The Morgan fingerprint density at radius 3 is 2.26 bits per heavy atom. The van der Waals surface area contributed by atoms with Crippen LogP contribution in [0.2, 0.25) is 5.02 Å². The normalized spacial score (nSPS) is 14.7. The molecule has 1 aromatic carbocycles. The Balaban J connectivity index is 3.21. The number of hydrogen-bond acceptors (Lipinski definition) is 3. The Morgan fingerprint density at radius 2 is 1.78 bits per heavy atom. The van der Waals surface area contributed by atoms with Gasteiger partial charge in [0.15, 0.2) is 0 Å². The van der Waals surface area contributed by atoms with Gasteiger partial charge in [0, 0.05) is 16.8 Å². The van der Waals surface area contributed by atoms with Crippen molar-refractivity contribution in [1.82, 2.24) is 4.72 Å². The molecule has 0 saturated heterocycles. The molecule has 0 aromatic heterocycles. The van der Waals surface area contributed by atoms with Gasteiger partial charge in [0.2, 0.25) is 0 Å². The van der Waals surface area contributed by atoms with E-state index in [0.717, 1.165) is 12.0 Å². The summed E-state index contributed by atoms with van der Waals surface area (Å²) in [6.45, 7) is 15.4. The van der Waals surface area contributed by atoms with E-state index >= 15 is 0 Å². The van der Waals surface area contributed by atoms with E-state index < -0.39 is 27.4 Å². The summed E-state index contributed by atoms with van der Waals surface area (Å²) in [5, 5.41) is 3.35. The molecule has 154 valence electrons. The van der Waals surface area contributed by atoms with Crippen molar-refractivity contribution in [2.75, 3.05) is 5.32 Å². The topological polar surface area (TPSA) is 67.4 Å². The highest BCUT2D eigenvalue weighted by Crippen LogP contribution is 2.32. The van der Waals surface area contributed by atoms with E-state index in [2.05, 4.69) is 23.9 Å². The molecule has 27 heavy (non-hydrogen) atoms. The number of amides is 1. The number of benzene rings is 1. The van der Waals surface area contributed by atoms with Gasteiger partial charge in [-0.2, -0.15) is 0 Å². The van der Waals surface area contributed by atoms with Crippen LogP contribution in [0.4, 0.5) is 10.5 Å². The first-order chi connectivity index (χ1) is 12.2. The number of ether oxygens (including phenoxy) is 1. The fourth-order valence-corrected chi connectivity index (χ4v) is 3.38. The highest BCUT2D eigenvalue weighted by atomic mass is 35.5. The van der Waals surface area contributed by atoms with E-state index in [1.807, 2.05) is 41.5 Å². The molecule has 0 aliphatic rings. The van der Waals surface area contributed by atoms with Crippen LogP contribution in [0.5, 0.6) is 0 Å². The zero-order valence-corrected chi connectivity index (χ0v) is 19.2. The van der Waals surface area contributed by atoms with Crippen LogP contribution in [0.25, 0.3) is 0 Å². The Bertz CT molecular complexity index is 679. The monoisotopic (exact) mass is 416 g/mol. The van der Waals surface area contributed by atoms with Gasteiger partial charge in [-0.3, -0.25) is 5.32 Å². The number of halogens is 1. The molecule has 0 aliphatic carbocycles. The summed E-state index contributed by atoms with van der Waals surface area (Å²) in [6.07, 6.45) is 0.205. The second kappa shape index (κ2) is 9.39. The number of nitrogens with one attached hydrogen (secondary N) is 2. The zero-order valence-electron chi connectivity index (χ0n) is 17.6. The molecule has 0 heterocycles. The first-order valence-electron chi connectivity index (χ1n) is 9.16. The van der Waals surface area contributed by atoms with Gasteiger partial charge in [0.25, 0.3) is 0 Å². The molecule has 1 aromatic rings. The molecule has 1 amide bonds. The maximum absolute atomic E-state index is 12.7. The van der Waals surface area contributed by atoms with Gasteiger partial charge in [-0.05, 0) is 77.6 Å². The quantitative estimate of drug-likeness (QED) is 0.613. The van der Waals surface area contributed by atoms with E-state index in [4.69, 9.17) is 16.3 Å². The molecule has 7 heteroatoms. The average Bonchev–Trinajstić information content (AvgIpc) is 2.44. The average molecular weight is 417 g/mol. The highest BCUT2D eigenvalue weighted by Gasteiger charge is 2.26. The van der Waals surface area contributed by atoms with Crippen LogP contribution in [0, 0.1) is 5.92 Å². The van der Waals surface area contributed by atoms with Crippen molar-refractivity contribution < 1.29 is 13.7 Å². The van der Waals surface area contributed by atoms with Crippen molar-refractivity contribution in [3.8, 4) is 0 Å². The van der Waals surface area contributed by atoms with E-state index in [1.165, 1.54) is 0 Å². The van der Waals surface area contributed by atoms with E-state index in [-0.39, 0.29) is 6.04 Å². The molecule has 1 rings (SSSR count). The minimum Gasteiger partial charge on any atom is -0.444 e. The fourth-order valence-electron chi connectivity index (χ4n) is 2.37. The molecule has 0 saturated carbocycles. The standard InChI is InChI=1S/C20H33ClN2O3S/c1-13(2)11-17(23-27(25)20(6,7)8)15-12-14(21)9-10-16(15)22-18(24)26-19(3,4)5/h9-10,12-13,17,23H,11H2,1-8H3,(H,22,24). The van der Waals surface area contributed by atoms with Crippen molar-refractivity contribution in [2.24, 2.45) is 5.92 Å². The number of carbonyl (C=O) groups excluding carboxylic acids is 1. The molecule has 0 bridgehead atoms. The van der Waals surface area contributed by atoms with E-state index in [0.29, 0.717) is 16.6 Å². The Hall–Kier alpha value is -1.11. The van der Waals surface area contributed by atoms with E-state index in [1.54, 1.807) is 18.2 Å². The van der Waals surface area contributed by atoms with Crippen LogP contribution in [-0.4, -0.2) is 20.7 Å². The van der Waals surface area contributed by atoms with E-state index in [9.17, 15) is 9.00 Å². The highest BCUT2D eigenvalue weighted by molar-refractivity contribution is 7.84. The van der Waals surface area contributed by atoms with Crippen LogP contribution in [0.1, 0.15) is 73.4 Å². The van der Waals surface area contributed by atoms with Crippen molar-refractivity contribution in [2.45, 2.75) is 78.2 Å². The summed E-state index contributed by atoms with van der Waals surface area (Å²) in [5.41, 5.74) is 0.789. The van der Waals surface area contributed by atoms with Gasteiger partial charge in [-0.25, -0.2) is 13.7 Å². The molecule has 0 aliphatic heterocycles. The molecule has 2 unspecified atom stereocenters. The smallest absolute Gasteiger partial charge is 0.412 e.